The summed E-state index contributed by atoms with van der Waals surface area (Å²) in [5.41, 5.74) is 0.663. The van der Waals surface area contributed by atoms with Crippen LogP contribution in [0.2, 0.25) is 0 Å². The van der Waals surface area contributed by atoms with Crippen LogP contribution >= 0.6 is 15.9 Å². The molecule has 1 fully saturated rings. The molecule has 0 spiro atoms. The van der Waals surface area contributed by atoms with Crippen molar-refractivity contribution in [1.29, 1.82) is 0 Å². The fourth-order valence-electron chi connectivity index (χ4n) is 3.03. The maximum absolute atomic E-state index is 12.9. The van der Waals surface area contributed by atoms with Crippen molar-refractivity contribution >= 4 is 21.7 Å². The Balaban J connectivity index is 2.27. The average molecular weight is 355 g/mol. The lowest BCUT2D eigenvalue weighted by Crippen LogP contribution is -2.17. The van der Waals surface area contributed by atoms with Crippen molar-refractivity contribution in [3.8, 4) is 11.5 Å². The number of hydrogen-bond donors (Lipinski definition) is 0. The van der Waals surface area contributed by atoms with Crippen LogP contribution in [0.3, 0.4) is 0 Å². The molecule has 1 saturated carbocycles. The predicted molar refractivity (Wildman–Crippen MR) is 87.4 cm³/mol. The molecule has 1 aliphatic carbocycles. The van der Waals surface area contributed by atoms with Crippen molar-refractivity contribution in [2.75, 3.05) is 14.2 Å². The molecule has 0 unspecified atom stereocenters. The van der Waals surface area contributed by atoms with Crippen LogP contribution < -0.4 is 9.47 Å². The van der Waals surface area contributed by atoms with Gasteiger partial charge in [-0.2, -0.15) is 0 Å². The fraction of sp³-hybridized carbons (Fsp3) is 0.588. The highest BCUT2D eigenvalue weighted by Crippen LogP contribution is 2.39. The monoisotopic (exact) mass is 354 g/mol. The highest BCUT2D eigenvalue weighted by molar-refractivity contribution is 9.10. The number of carbonyl (C=O) groups is 1. The maximum Gasteiger partial charge on any atom is 0.169 e. The van der Waals surface area contributed by atoms with Gasteiger partial charge >= 0.3 is 0 Å². The topological polar surface area (TPSA) is 35.5 Å². The van der Waals surface area contributed by atoms with Crippen LogP contribution in [-0.4, -0.2) is 20.0 Å². The van der Waals surface area contributed by atoms with E-state index in [4.69, 9.17) is 9.47 Å². The van der Waals surface area contributed by atoms with Crippen LogP contribution in [0.1, 0.15) is 55.3 Å². The minimum atomic E-state index is 0.125. The van der Waals surface area contributed by atoms with E-state index in [9.17, 15) is 4.79 Å². The molecule has 116 valence electrons. The third-order valence-electron chi connectivity index (χ3n) is 4.23. The largest absolute Gasteiger partial charge is 0.495 e. The molecule has 0 radical (unpaired) electrons. The Kier molecular flexibility index (Phi) is 6.09. The van der Waals surface area contributed by atoms with Crippen molar-refractivity contribution < 1.29 is 14.3 Å². The van der Waals surface area contributed by atoms with Gasteiger partial charge in [-0.1, -0.05) is 32.1 Å². The summed E-state index contributed by atoms with van der Waals surface area (Å²) in [5, 5.41) is 0. The standard InChI is InChI=1S/C17H23BrO3/c1-20-14-11-10-13(17(21-2)15(14)18)16(19)12-8-6-4-3-5-7-9-12/h10-12H,3-9H2,1-2H3. The van der Waals surface area contributed by atoms with Gasteiger partial charge in [0.2, 0.25) is 0 Å². The summed E-state index contributed by atoms with van der Waals surface area (Å²) in [6, 6.07) is 3.65. The quantitative estimate of drug-likeness (QED) is 0.713. The number of halogens is 1. The first kappa shape index (κ1) is 16.3. The summed E-state index contributed by atoms with van der Waals surface area (Å²) in [5.74, 6) is 1.60. The summed E-state index contributed by atoms with van der Waals surface area (Å²) in [7, 11) is 3.20. The van der Waals surface area contributed by atoms with E-state index in [2.05, 4.69) is 15.9 Å². The molecule has 0 aliphatic heterocycles. The summed E-state index contributed by atoms with van der Waals surface area (Å²) < 4.78 is 11.4. The zero-order valence-corrected chi connectivity index (χ0v) is 14.4. The third-order valence-corrected chi connectivity index (χ3v) is 4.98. The molecule has 0 heterocycles. The van der Waals surface area contributed by atoms with Gasteiger partial charge in [0.15, 0.2) is 5.78 Å². The number of ketones is 1. The zero-order valence-electron chi connectivity index (χ0n) is 12.8. The van der Waals surface area contributed by atoms with Crippen LogP contribution in [-0.2, 0) is 0 Å². The van der Waals surface area contributed by atoms with Crippen LogP contribution in [0, 0.1) is 5.92 Å². The van der Waals surface area contributed by atoms with Crippen LogP contribution in [0.15, 0.2) is 16.6 Å². The van der Waals surface area contributed by atoms with Crippen molar-refractivity contribution in [2.24, 2.45) is 5.92 Å². The Morgan fingerprint density at radius 3 is 2.24 bits per heavy atom. The number of benzene rings is 1. The van der Waals surface area contributed by atoms with Crippen molar-refractivity contribution in [3.05, 3.63) is 22.2 Å². The van der Waals surface area contributed by atoms with Gasteiger partial charge < -0.3 is 9.47 Å². The Morgan fingerprint density at radius 1 is 1.05 bits per heavy atom. The van der Waals surface area contributed by atoms with E-state index in [0.29, 0.717) is 21.5 Å². The summed E-state index contributed by atoms with van der Waals surface area (Å²) >= 11 is 3.47. The van der Waals surface area contributed by atoms with Gasteiger partial charge in [-0.25, -0.2) is 0 Å². The second-order valence-electron chi connectivity index (χ2n) is 5.57. The minimum absolute atomic E-state index is 0.125. The van der Waals surface area contributed by atoms with Gasteiger partial charge in [-0.05, 0) is 40.9 Å². The molecule has 0 amide bonds. The lowest BCUT2D eigenvalue weighted by Gasteiger charge is -2.20. The first-order valence-corrected chi connectivity index (χ1v) is 8.43. The van der Waals surface area contributed by atoms with E-state index in [1.165, 1.54) is 19.3 Å². The Bertz CT molecular complexity index is 491. The molecule has 1 aromatic rings. The molecule has 0 saturated heterocycles. The molecule has 1 aliphatic rings. The van der Waals surface area contributed by atoms with E-state index >= 15 is 0 Å². The average Bonchev–Trinajstić information content (AvgIpc) is 2.46. The third kappa shape index (κ3) is 3.79. The van der Waals surface area contributed by atoms with Crippen LogP contribution in [0.25, 0.3) is 0 Å². The summed E-state index contributed by atoms with van der Waals surface area (Å²) in [6.45, 7) is 0. The number of methoxy groups -OCH3 is 2. The predicted octanol–water partition coefficient (Wildman–Crippen LogP) is 5.01. The maximum atomic E-state index is 12.9. The Morgan fingerprint density at radius 2 is 1.67 bits per heavy atom. The molecule has 0 bridgehead atoms. The summed E-state index contributed by atoms with van der Waals surface area (Å²) in [4.78, 5) is 12.9. The molecule has 3 nitrogen and oxygen atoms in total. The summed E-state index contributed by atoms with van der Waals surface area (Å²) in [6.07, 6.45) is 8.07. The van der Waals surface area contributed by atoms with E-state index in [0.717, 1.165) is 25.7 Å². The van der Waals surface area contributed by atoms with Crippen LogP contribution in [0.5, 0.6) is 11.5 Å². The highest BCUT2D eigenvalue weighted by Gasteiger charge is 2.25. The second-order valence-corrected chi connectivity index (χ2v) is 6.36. The van der Waals surface area contributed by atoms with E-state index < -0.39 is 0 Å². The second kappa shape index (κ2) is 7.83. The number of Topliss-reactive ketones (excluding diaryl/α,β-unsaturated/α-hetero) is 1. The minimum Gasteiger partial charge on any atom is -0.495 e. The molecular formula is C17H23BrO3. The van der Waals surface area contributed by atoms with Gasteiger partial charge in [0.05, 0.1) is 19.8 Å². The van der Waals surface area contributed by atoms with Gasteiger partial charge in [0.25, 0.3) is 0 Å². The number of ether oxygens (including phenoxy) is 2. The smallest absolute Gasteiger partial charge is 0.169 e. The van der Waals surface area contributed by atoms with E-state index in [1.807, 2.05) is 12.1 Å². The Labute approximate surface area is 135 Å². The van der Waals surface area contributed by atoms with Crippen molar-refractivity contribution in [2.45, 2.75) is 44.9 Å². The lowest BCUT2D eigenvalue weighted by atomic mass is 9.85. The Hall–Kier alpha value is -1.03. The number of hydrogen-bond acceptors (Lipinski definition) is 3. The highest BCUT2D eigenvalue weighted by atomic mass is 79.9. The van der Waals surface area contributed by atoms with E-state index in [-0.39, 0.29) is 11.7 Å². The first-order valence-electron chi connectivity index (χ1n) is 7.63. The molecule has 0 N–H and O–H groups in total. The normalized spacial score (nSPS) is 16.9. The zero-order chi connectivity index (χ0) is 15.2. The van der Waals surface area contributed by atoms with Gasteiger partial charge in [0.1, 0.15) is 16.0 Å². The molecular weight excluding hydrogens is 332 g/mol. The lowest BCUT2D eigenvalue weighted by molar-refractivity contribution is 0.0895. The molecule has 4 heteroatoms. The van der Waals surface area contributed by atoms with Gasteiger partial charge in [-0.15, -0.1) is 0 Å². The molecule has 1 aromatic carbocycles. The van der Waals surface area contributed by atoms with Gasteiger partial charge in [0, 0.05) is 5.92 Å². The fourth-order valence-corrected chi connectivity index (χ4v) is 3.70. The van der Waals surface area contributed by atoms with Crippen molar-refractivity contribution in [1.82, 2.24) is 0 Å². The van der Waals surface area contributed by atoms with Gasteiger partial charge in [-0.3, -0.25) is 4.79 Å². The van der Waals surface area contributed by atoms with Crippen molar-refractivity contribution in [3.63, 3.8) is 0 Å². The van der Waals surface area contributed by atoms with Crippen LogP contribution in [0.4, 0.5) is 0 Å². The van der Waals surface area contributed by atoms with E-state index in [1.54, 1.807) is 14.2 Å². The number of rotatable bonds is 4. The molecule has 2 rings (SSSR count). The first-order chi connectivity index (χ1) is 10.2. The molecule has 0 aromatic heterocycles. The number of carbonyl (C=O) groups excluding carboxylic acids is 1. The SMILES string of the molecule is COc1ccc(C(=O)C2CCCCCCC2)c(OC)c1Br. The molecule has 21 heavy (non-hydrogen) atoms. The molecule has 0 atom stereocenters.